The van der Waals surface area contributed by atoms with Crippen molar-refractivity contribution in [1.29, 1.82) is 0 Å². The van der Waals surface area contributed by atoms with Crippen LogP contribution >= 0.6 is 0 Å². The summed E-state index contributed by atoms with van der Waals surface area (Å²) in [6.07, 6.45) is 4.39. The smallest absolute Gasteiger partial charge is 0.239 e. The van der Waals surface area contributed by atoms with Crippen LogP contribution in [-0.4, -0.2) is 23.2 Å². The molecule has 0 saturated heterocycles. The van der Waals surface area contributed by atoms with Gasteiger partial charge in [-0.3, -0.25) is 15.1 Å². The van der Waals surface area contributed by atoms with E-state index in [1.54, 1.807) is 19.5 Å². The molecule has 0 spiro atoms. The fourth-order valence-corrected chi connectivity index (χ4v) is 3.42. The average molecular weight is 413 g/mol. The van der Waals surface area contributed by atoms with Gasteiger partial charge in [0.15, 0.2) is 0 Å². The van der Waals surface area contributed by atoms with Gasteiger partial charge in [0.05, 0.1) is 12.7 Å². The van der Waals surface area contributed by atoms with E-state index in [0.717, 1.165) is 28.0 Å². The van der Waals surface area contributed by atoms with Crippen molar-refractivity contribution in [2.45, 2.75) is 19.8 Å². The number of hydrogen-bond acceptors (Lipinski definition) is 5. The van der Waals surface area contributed by atoms with E-state index in [9.17, 15) is 4.79 Å². The molecule has 0 aliphatic carbocycles. The number of methoxy groups -OCH3 is 1. The topological polar surface area (TPSA) is 77.3 Å². The first kappa shape index (κ1) is 20.3. The van der Waals surface area contributed by atoms with E-state index < -0.39 is 0 Å². The van der Waals surface area contributed by atoms with Gasteiger partial charge in [-0.05, 0) is 60.9 Å². The van der Waals surface area contributed by atoms with Crippen molar-refractivity contribution in [3.63, 3.8) is 0 Å². The van der Waals surface area contributed by atoms with Crippen LogP contribution in [0.3, 0.4) is 0 Å². The summed E-state index contributed by atoms with van der Waals surface area (Å²) in [5.41, 5.74) is 5.38. The maximum absolute atomic E-state index is 12.7. The third kappa shape index (κ3) is 4.80. The number of rotatable bonds is 7. The fraction of sp³-hybridized carbons (Fsp3) is 0.160. The van der Waals surface area contributed by atoms with Crippen LogP contribution in [-0.2, 0) is 11.2 Å². The van der Waals surface area contributed by atoms with E-state index in [4.69, 9.17) is 9.26 Å². The summed E-state index contributed by atoms with van der Waals surface area (Å²) in [4.78, 5) is 16.7. The molecule has 156 valence electrons. The lowest BCUT2D eigenvalue weighted by atomic mass is 10.0. The number of amides is 1. The van der Waals surface area contributed by atoms with E-state index in [2.05, 4.69) is 21.5 Å². The minimum Gasteiger partial charge on any atom is -0.497 e. The Bertz CT molecular complexity index is 1170. The predicted octanol–water partition coefficient (Wildman–Crippen LogP) is 5.29. The summed E-state index contributed by atoms with van der Waals surface area (Å²) in [7, 11) is 1.62. The molecule has 0 saturated carbocycles. The molecule has 31 heavy (non-hydrogen) atoms. The number of carbonyl (C=O) groups is 1. The van der Waals surface area contributed by atoms with Crippen LogP contribution in [0.2, 0.25) is 0 Å². The van der Waals surface area contributed by atoms with Crippen molar-refractivity contribution in [3.8, 4) is 28.1 Å². The molecular weight excluding hydrogens is 390 g/mol. The summed E-state index contributed by atoms with van der Waals surface area (Å²) in [6, 6.07) is 19.4. The molecule has 1 amide bonds. The molecule has 0 bridgehead atoms. The molecule has 0 unspecified atom stereocenters. The minimum atomic E-state index is -0.130. The van der Waals surface area contributed by atoms with Gasteiger partial charge in [0.25, 0.3) is 0 Å². The van der Waals surface area contributed by atoms with Gasteiger partial charge in [0.1, 0.15) is 11.4 Å². The van der Waals surface area contributed by atoms with Crippen LogP contribution in [0.1, 0.15) is 17.5 Å². The number of ether oxygens (including phenoxy) is 1. The van der Waals surface area contributed by atoms with Gasteiger partial charge in [-0.25, -0.2) is 0 Å². The first-order valence-corrected chi connectivity index (χ1v) is 10.0. The van der Waals surface area contributed by atoms with E-state index in [1.165, 1.54) is 5.56 Å². The molecule has 2 aromatic carbocycles. The van der Waals surface area contributed by atoms with Gasteiger partial charge in [0.2, 0.25) is 11.8 Å². The van der Waals surface area contributed by atoms with Gasteiger partial charge >= 0.3 is 0 Å². The van der Waals surface area contributed by atoms with Crippen LogP contribution in [0.5, 0.6) is 5.75 Å². The Morgan fingerprint density at radius 3 is 2.52 bits per heavy atom. The van der Waals surface area contributed by atoms with Crippen LogP contribution in [0.4, 0.5) is 5.88 Å². The molecule has 0 aliphatic rings. The molecule has 0 radical (unpaired) electrons. The summed E-state index contributed by atoms with van der Waals surface area (Å²) in [5.74, 6) is 0.947. The maximum Gasteiger partial charge on any atom is 0.239 e. The summed E-state index contributed by atoms with van der Waals surface area (Å²) >= 11 is 0. The van der Waals surface area contributed by atoms with Crippen LogP contribution in [0, 0.1) is 6.92 Å². The predicted molar refractivity (Wildman–Crippen MR) is 120 cm³/mol. The molecule has 6 heteroatoms. The lowest BCUT2D eigenvalue weighted by Gasteiger charge is -2.07. The van der Waals surface area contributed by atoms with Crippen molar-refractivity contribution in [2.75, 3.05) is 12.4 Å². The number of anilines is 1. The standard InChI is InChI=1S/C25H23N3O3/c1-17-4-3-5-18(16-17)6-11-22(29)27-25-23(19-12-14-26-15-13-19)24(28-31-25)20-7-9-21(30-2)10-8-20/h3-5,7-10,12-16H,6,11H2,1-2H3,(H,27,29). The number of carbonyl (C=O) groups excluding carboxylic acids is 1. The van der Waals surface area contributed by atoms with Gasteiger partial charge in [-0.2, -0.15) is 0 Å². The number of aromatic nitrogens is 2. The lowest BCUT2D eigenvalue weighted by molar-refractivity contribution is -0.116. The Kier molecular flexibility index (Phi) is 6.08. The highest BCUT2D eigenvalue weighted by Gasteiger charge is 2.21. The fourth-order valence-electron chi connectivity index (χ4n) is 3.42. The zero-order chi connectivity index (χ0) is 21.6. The van der Waals surface area contributed by atoms with Crippen molar-refractivity contribution in [2.24, 2.45) is 0 Å². The number of benzene rings is 2. The van der Waals surface area contributed by atoms with Gasteiger partial charge in [0, 0.05) is 24.4 Å². The first-order valence-electron chi connectivity index (χ1n) is 10.0. The molecule has 4 aromatic rings. The monoisotopic (exact) mass is 413 g/mol. The first-order chi connectivity index (χ1) is 15.1. The van der Waals surface area contributed by atoms with Crippen molar-refractivity contribution < 1.29 is 14.1 Å². The van der Waals surface area contributed by atoms with Crippen LogP contribution in [0.15, 0.2) is 77.6 Å². The van der Waals surface area contributed by atoms with E-state index in [0.29, 0.717) is 24.4 Å². The quantitative estimate of drug-likeness (QED) is 0.445. The van der Waals surface area contributed by atoms with Gasteiger partial charge in [-0.1, -0.05) is 35.0 Å². The highest BCUT2D eigenvalue weighted by Crippen LogP contribution is 2.38. The number of nitrogens with one attached hydrogen (secondary N) is 1. The molecule has 6 nitrogen and oxygen atoms in total. The summed E-state index contributed by atoms with van der Waals surface area (Å²) in [6.45, 7) is 2.04. The third-order valence-electron chi connectivity index (χ3n) is 5.00. The molecule has 1 N–H and O–H groups in total. The molecular formula is C25H23N3O3. The van der Waals surface area contributed by atoms with E-state index in [1.807, 2.05) is 61.5 Å². The Morgan fingerprint density at radius 1 is 1.03 bits per heavy atom. The highest BCUT2D eigenvalue weighted by molar-refractivity contribution is 5.97. The molecule has 0 fully saturated rings. The number of nitrogens with zero attached hydrogens (tertiary/aromatic N) is 2. The second-order valence-corrected chi connectivity index (χ2v) is 7.24. The molecule has 2 aromatic heterocycles. The Labute approximate surface area is 180 Å². The second kappa shape index (κ2) is 9.26. The minimum absolute atomic E-state index is 0.130. The molecule has 0 aliphatic heterocycles. The zero-order valence-corrected chi connectivity index (χ0v) is 17.5. The van der Waals surface area contributed by atoms with Crippen LogP contribution < -0.4 is 10.1 Å². The summed E-state index contributed by atoms with van der Waals surface area (Å²) < 4.78 is 10.8. The van der Waals surface area contributed by atoms with Gasteiger partial charge < -0.3 is 9.26 Å². The van der Waals surface area contributed by atoms with E-state index >= 15 is 0 Å². The highest BCUT2D eigenvalue weighted by atomic mass is 16.5. The molecule has 4 rings (SSSR count). The zero-order valence-electron chi connectivity index (χ0n) is 17.5. The normalized spacial score (nSPS) is 10.6. The van der Waals surface area contributed by atoms with Gasteiger partial charge in [-0.15, -0.1) is 0 Å². The Balaban J connectivity index is 1.59. The van der Waals surface area contributed by atoms with Crippen LogP contribution in [0.25, 0.3) is 22.4 Å². The number of hydrogen-bond donors (Lipinski definition) is 1. The van der Waals surface area contributed by atoms with Crippen molar-refractivity contribution >= 4 is 11.8 Å². The van der Waals surface area contributed by atoms with Crippen molar-refractivity contribution in [1.82, 2.24) is 10.1 Å². The Hall–Kier alpha value is -3.93. The van der Waals surface area contributed by atoms with Crippen molar-refractivity contribution in [3.05, 3.63) is 84.2 Å². The third-order valence-corrected chi connectivity index (χ3v) is 5.00. The number of pyridine rings is 1. The summed E-state index contributed by atoms with van der Waals surface area (Å²) in [5, 5.41) is 7.14. The molecule has 0 atom stereocenters. The SMILES string of the molecule is COc1ccc(-c2noc(NC(=O)CCc3cccc(C)c3)c2-c2ccncc2)cc1. The largest absolute Gasteiger partial charge is 0.497 e. The average Bonchev–Trinajstić information content (AvgIpc) is 3.22. The number of aryl methyl sites for hydroxylation is 2. The second-order valence-electron chi connectivity index (χ2n) is 7.24. The Morgan fingerprint density at radius 2 is 1.81 bits per heavy atom. The molecule has 2 heterocycles. The maximum atomic E-state index is 12.7. The lowest BCUT2D eigenvalue weighted by Crippen LogP contribution is -2.12. The van der Waals surface area contributed by atoms with E-state index in [-0.39, 0.29) is 5.91 Å².